The summed E-state index contributed by atoms with van der Waals surface area (Å²) in [6.07, 6.45) is -0.708. The molecule has 33 heavy (non-hydrogen) atoms. The fourth-order valence-corrected chi connectivity index (χ4v) is 3.30. The Morgan fingerprint density at radius 1 is 0.818 bits per heavy atom. The monoisotopic (exact) mass is 448 g/mol. The molecule has 0 radical (unpaired) electrons. The standard InChI is InChI=1S/C28H32O5/c1-28(2,3)23-11-15-25(16-12-23)33-26(27(29)30)19-21-9-13-24(14-10-21)32-18-17-31-20-22-7-5-4-6-8-22/h4-16,26H,17-20H2,1-3H3,(H,29,30). The number of aliphatic carboxylic acids is 1. The summed E-state index contributed by atoms with van der Waals surface area (Å²) >= 11 is 0. The molecule has 0 amide bonds. The van der Waals surface area contributed by atoms with Crippen molar-refractivity contribution in [2.75, 3.05) is 13.2 Å². The molecule has 174 valence electrons. The Morgan fingerprint density at radius 3 is 2.06 bits per heavy atom. The summed E-state index contributed by atoms with van der Waals surface area (Å²) in [4.78, 5) is 11.7. The Kier molecular flexibility index (Phi) is 8.50. The van der Waals surface area contributed by atoms with Crippen LogP contribution < -0.4 is 9.47 Å². The topological polar surface area (TPSA) is 65.0 Å². The van der Waals surface area contributed by atoms with Crippen molar-refractivity contribution in [1.29, 1.82) is 0 Å². The van der Waals surface area contributed by atoms with Crippen molar-refractivity contribution in [3.05, 3.63) is 95.6 Å². The van der Waals surface area contributed by atoms with Gasteiger partial charge in [-0.3, -0.25) is 0 Å². The molecule has 0 aromatic heterocycles. The Morgan fingerprint density at radius 2 is 1.45 bits per heavy atom. The first-order chi connectivity index (χ1) is 15.8. The summed E-state index contributed by atoms with van der Waals surface area (Å²) in [6.45, 7) is 7.88. The van der Waals surface area contributed by atoms with Gasteiger partial charge in [-0.2, -0.15) is 0 Å². The van der Waals surface area contributed by atoms with Gasteiger partial charge in [0, 0.05) is 6.42 Å². The van der Waals surface area contributed by atoms with Crippen molar-refractivity contribution < 1.29 is 24.1 Å². The molecule has 0 aliphatic carbocycles. The number of carboxylic acid groups (broad SMARTS) is 1. The zero-order valence-electron chi connectivity index (χ0n) is 19.5. The largest absolute Gasteiger partial charge is 0.491 e. The third kappa shape index (κ3) is 7.95. The van der Waals surface area contributed by atoms with E-state index in [-0.39, 0.29) is 11.8 Å². The lowest BCUT2D eigenvalue weighted by atomic mass is 9.87. The zero-order valence-corrected chi connectivity index (χ0v) is 19.5. The van der Waals surface area contributed by atoms with Gasteiger partial charge in [0.15, 0.2) is 6.10 Å². The van der Waals surface area contributed by atoms with Gasteiger partial charge >= 0.3 is 5.97 Å². The third-order valence-corrected chi connectivity index (χ3v) is 5.23. The number of hydrogen-bond donors (Lipinski definition) is 1. The Balaban J connectivity index is 1.47. The fourth-order valence-electron chi connectivity index (χ4n) is 3.30. The minimum absolute atomic E-state index is 0.0303. The van der Waals surface area contributed by atoms with Crippen LogP contribution in [0.2, 0.25) is 0 Å². The maximum atomic E-state index is 11.7. The van der Waals surface area contributed by atoms with Crippen LogP contribution >= 0.6 is 0 Å². The van der Waals surface area contributed by atoms with Gasteiger partial charge < -0.3 is 19.3 Å². The predicted molar refractivity (Wildman–Crippen MR) is 129 cm³/mol. The van der Waals surface area contributed by atoms with Gasteiger partial charge in [0.1, 0.15) is 18.1 Å². The SMILES string of the molecule is CC(C)(C)c1ccc(OC(Cc2ccc(OCCOCc3ccccc3)cc2)C(=O)O)cc1. The van der Waals surface area contributed by atoms with E-state index in [2.05, 4.69) is 20.8 Å². The van der Waals surface area contributed by atoms with Crippen molar-refractivity contribution in [3.8, 4) is 11.5 Å². The van der Waals surface area contributed by atoms with Gasteiger partial charge in [0.25, 0.3) is 0 Å². The molecular weight excluding hydrogens is 416 g/mol. The van der Waals surface area contributed by atoms with E-state index in [1.807, 2.05) is 78.9 Å². The molecule has 0 aliphatic heterocycles. The van der Waals surface area contributed by atoms with Crippen molar-refractivity contribution in [2.45, 2.75) is 45.3 Å². The predicted octanol–water partition coefficient (Wildman–Crippen LogP) is 5.65. The minimum atomic E-state index is -0.995. The molecule has 1 unspecified atom stereocenters. The van der Waals surface area contributed by atoms with Crippen molar-refractivity contribution in [2.24, 2.45) is 0 Å². The summed E-state index contributed by atoms with van der Waals surface area (Å²) < 4.78 is 17.1. The van der Waals surface area contributed by atoms with Crippen LogP contribution in [-0.4, -0.2) is 30.4 Å². The molecule has 0 spiro atoms. The highest BCUT2D eigenvalue weighted by Gasteiger charge is 2.21. The van der Waals surface area contributed by atoms with Gasteiger partial charge in [0.05, 0.1) is 13.2 Å². The molecule has 0 aliphatic rings. The molecule has 0 saturated heterocycles. The van der Waals surface area contributed by atoms with Crippen molar-refractivity contribution >= 4 is 5.97 Å². The molecule has 0 fully saturated rings. The number of carbonyl (C=O) groups is 1. The second kappa shape index (κ2) is 11.5. The Bertz CT molecular complexity index is 989. The molecule has 0 bridgehead atoms. The highest BCUT2D eigenvalue weighted by molar-refractivity contribution is 5.73. The van der Waals surface area contributed by atoms with Gasteiger partial charge in [-0.25, -0.2) is 4.79 Å². The maximum Gasteiger partial charge on any atom is 0.345 e. The molecule has 3 aromatic carbocycles. The highest BCUT2D eigenvalue weighted by Crippen LogP contribution is 2.25. The van der Waals surface area contributed by atoms with Crippen LogP contribution in [0, 0.1) is 0 Å². The second-order valence-corrected chi connectivity index (χ2v) is 8.95. The van der Waals surface area contributed by atoms with E-state index in [1.165, 1.54) is 5.56 Å². The molecule has 0 heterocycles. The number of ether oxygens (including phenoxy) is 3. The normalized spacial score (nSPS) is 12.2. The number of carboxylic acids is 1. The Hall–Kier alpha value is -3.31. The maximum absolute atomic E-state index is 11.7. The summed E-state index contributed by atoms with van der Waals surface area (Å²) in [6, 6.07) is 25.0. The van der Waals surface area contributed by atoms with Crippen LogP contribution in [0.1, 0.15) is 37.5 Å². The minimum Gasteiger partial charge on any atom is -0.491 e. The fraction of sp³-hybridized carbons (Fsp3) is 0.321. The lowest BCUT2D eigenvalue weighted by Crippen LogP contribution is -2.29. The van der Waals surface area contributed by atoms with Gasteiger partial charge in [0.2, 0.25) is 0 Å². The first-order valence-electron chi connectivity index (χ1n) is 11.1. The summed E-state index contributed by atoms with van der Waals surface area (Å²) in [5, 5.41) is 9.62. The smallest absolute Gasteiger partial charge is 0.345 e. The van der Waals surface area contributed by atoms with Crippen LogP contribution in [0.25, 0.3) is 0 Å². The van der Waals surface area contributed by atoms with E-state index in [0.29, 0.717) is 31.3 Å². The number of hydrogen-bond acceptors (Lipinski definition) is 4. The molecule has 5 heteroatoms. The zero-order chi connectivity index (χ0) is 23.7. The van der Waals surface area contributed by atoms with Crippen LogP contribution in [0.5, 0.6) is 11.5 Å². The quantitative estimate of drug-likeness (QED) is 0.384. The van der Waals surface area contributed by atoms with Gasteiger partial charge in [-0.15, -0.1) is 0 Å². The molecule has 3 rings (SSSR count). The van der Waals surface area contributed by atoms with E-state index in [9.17, 15) is 9.90 Å². The average molecular weight is 449 g/mol. The highest BCUT2D eigenvalue weighted by atomic mass is 16.5. The number of benzene rings is 3. The molecule has 5 nitrogen and oxygen atoms in total. The van der Waals surface area contributed by atoms with Crippen molar-refractivity contribution in [1.82, 2.24) is 0 Å². The summed E-state index contributed by atoms with van der Waals surface area (Å²) in [7, 11) is 0. The van der Waals surface area contributed by atoms with Crippen LogP contribution in [0.3, 0.4) is 0 Å². The van der Waals surface area contributed by atoms with E-state index < -0.39 is 12.1 Å². The molecule has 3 aromatic rings. The van der Waals surface area contributed by atoms with Crippen molar-refractivity contribution in [3.63, 3.8) is 0 Å². The lowest BCUT2D eigenvalue weighted by molar-refractivity contribution is -0.145. The molecular formula is C28H32O5. The molecule has 0 saturated carbocycles. The van der Waals surface area contributed by atoms with E-state index in [1.54, 1.807) is 0 Å². The molecule has 1 atom stereocenters. The number of rotatable bonds is 11. The first kappa shape index (κ1) is 24.3. The third-order valence-electron chi connectivity index (χ3n) is 5.23. The second-order valence-electron chi connectivity index (χ2n) is 8.95. The van der Waals surface area contributed by atoms with E-state index in [4.69, 9.17) is 14.2 Å². The van der Waals surface area contributed by atoms with Crippen LogP contribution in [0.15, 0.2) is 78.9 Å². The average Bonchev–Trinajstić information content (AvgIpc) is 2.80. The summed E-state index contributed by atoms with van der Waals surface area (Å²) in [5.41, 5.74) is 3.19. The van der Waals surface area contributed by atoms with E-state index >= 15 is 0 Å². The van der Waals surface area contributed by atoms with E-state index in [0.717, 1.165) is 11.1 Å². The van der Waals surface area contributed by atoms with Crippen LogP contribution in [-0.2, 0) is 28.0 Å². The van der Waals surface area contributed by atoms with Gasteiger partial charge in [-0.05, 0) is 46.4 Å². The van der Waals surface area contributed by atoms with Gasteiger partial charge in [-0.1, -0.05) is 75.4 Å². The lowest BCUT2D eigenvalue weighted by Gasteiger charge is -2.20. The Labute approximate surface area is 195 Å². The molecule has 1 N–H and O–H groups in total. The van der Waals surface area contributed by atoms with Crippen LogP contribution in [0.4, 0.5) is 0 Å². The summed E-state index contributed by atoms with van der Waals surface area (Å²) in [5.74, 6) is 0.268. The first-order valence-corrected chi connectivity index (χ1v) is 11.1.